The van der Waals surface area contributed by atoms with Crippen molar-refractivity contribution in [1.82, 2.24) is 4.98 Å². The van der Waals surface area contributed by atoms with Crippen molar-refractivity contribution in [2.45, 2.75) is 6.54 Å². The van der Waals surface area contributed by atoms with Crippen molar-refractivity contribution >= 4 is 44.9 Å². The van der Waals surface area contributed by atoms with Gasteiger partial charge >= 0.3 is 0 Å². The molecule has 0 bridgehead atoms. The Kier molecular flexibility index (Phi) is 5.03. The van der Waals surface area contributed by atoms with Gasteiger partial charge in [-0.1, -0.05) is 23.7 Å². The Labute approximate surface area is 136 Å². The van der Waals surface area contributed by atoms with E-state index in [1.807, 2.05) is 18.2 Å². The summed E-state index contributed by atoms with van der Waals surface area (Å²) in [6, 6.07) is 9.12. The third-order valence-corrected chi connectivity index (χ3v) is 3.47. The Morgan fingerprint density at radius 2 is 2.14 bits per heavy atom. The molecule has 0 saturated heterocycles. The molecule has 0 aliphatic carbocycles. The SMILES string of the molecule is NC(=O)CN(Cc1cccc(N)c1)c1ncc(Br)cc1Cl. The second-order valence-electron chi connectivity index (χ2n) is 4.53. The highest BCUT2D eigenvalue weighted by molar-refractivity contribution is 9.10. The molecule has 0 unspecified atom stereocenters. The number of hydrogen-bond acceptors (Lipinski definition) is 4. The zero-order valence-corrected chi connectivity index (χ0v) is 13.4. The number of primary amides is 1. The van der Waals surface area contributed by atoms with E-state index in [0.717, 1.165) is 10.0 Å². The predicted molar refractivity (Wildman–Crippen MR) is 88.0 cm³/mol. The summed E-state index contributed by atoms with van der Waals surface area (Å²) in [5, 5.41) is 0.439. The van der Waals surface area contributed by atoms with Crippen molar-refractivity contribution < 1.29 is 4.79 Å². The number of rotatable bonds is 5. The van der Waals surface area contributed by atoms with Crippen LogP contribution in [0.2, 0.25) is 5.02 Å². The number of carbonyl (C=O) groups is 1. The molecule has 0 radical (unpaired) electrons. The highest BCUT2D eigenvalue weighted by Crippen LogP contribution is 2.27. The van der Waals surface area contributed by atoms with E-state index in [1.54, 1.807) is 23.2 Å². The van der Waals surface area contributed by atoms with Crippen LogP contribution in [0.4, 0.5) is 11.5 Å². The van der Waals surface area contributed by atoms with Gasteiger partial charge in [0.1, 0.15) is 5.82 Å². The Balaban J connectivity index is 2.31. The van der Waals surface area contributed by atoms with Gasteiger partial charge in [-0.2, -0.15) is 0 Å². The van der Waals surface area contributed by atoms with E-state index in [0.29, 0.717) is 23.1 Å². The van der Waals surface area contributed by atoms with Crippen LogP contribution in [0, 0.1) is 0 Å². The summed E-state index contributed by atoms with van der Waals surface area (Å²) in [6.07, 6.45) is 1.62. The summed E-state index contributed by atoms with van der Waals surface area (Å²) in [6.45, 7) is 0.450. The van der Waals surface area contributed by atoms with E-state index in [9.17, 15) is 4.79 Å². The quantitative estimate of drug-likeness (QED) is 0.793. The zero-order valence-electron chi connectivity index (χ0n) is 11.1. The van der Waals surface area contributed by atoms with Crippen molar-refractivity contribution in [2.24, 2.45) is 5.73 Å². The largest absolute Gasteiger partial charge is 0.399 e. The fraction of sp³-hybridized carbons (Fsp3) is 0.143. The number of amides is 1. The molecule has 0 aliphatic rings. The van der Waals surface area contributed by atoms with Crippen LogP contribution in [0.5, 0.6) is 0 Å². The van der Waals surface area contributed by atoms with Gasteiger partial charge in [0.2, 0.25) is 5.91 Å². The number of nitrogens with two attached hydrogens (primary N) is 2. The first-order valence-electron chi connectivity index (χ1n) is 6.14. The molecule has 2 aromatic rings. The maximum Gasteiger partial charge on any atom is 0.237 e. The minimum atomic E-state index is -0.459. The molecule has 4 N–H and O–H groups in total. The van der Waals surface area contributed by atoms with Gasteiger partial charge in [-0.15, -0.1) is 0 Å². The van der Waals surface area contributed by atoms with Crippen LogP contribution in [-0.4, -0.2) is 17.4 Å². The van der Waals surface area contributed by atoms with Crippen LogP contribution >= 0.6 is 27.5 Å². The molecule has 0 fully saturated rings. The van der Waals surface area contributed by atoms with E-state index in [1.165, 1.54) is 0 Å². The highest BCUT2D eigenvalue weighted by atomic mass is 79.9. The number of halogens is 2. The number of pyridine rings is 1. The van der Waals surface area contributed by atoms with Crippen molar-refractivity contribution in [1.29, 1.82) is 0 Å². The summed E-state index contributed by atoms with van der Waals surface area (Å²) in [5.74, 6) is 0.0424. The van der Waals surface area contributed by atoms with Gasteiger partial charge in [0.25, 0.3) is 0 Å². The molecule has 0 spiro atoms. The second kappa shape index (κ2) is 6.78. The fourth-order valence-corrected chi connectivity index (χ4v) is 2.69. The first kappa shape index (κ1) is 15.6. The second-order valence-corrected chi connectivity index (χ2v) is 5.85. The van der Waals surface area contributed by atoms with Crippen LogP contribution in [0.25, 0.3) is 0 Å². The van der Waals surface area contributed by atoms with Crippen molar-refractivity contribution in [2.75, 3.05) is 17.2 Å². The third kappa shape index (κ3) is 4.34. The summed E-state index contributed by atoms with van der Waals surface area (Å²) >= 11 is 9.49. The number of carbonyl (C=O) groups excluding carboxylic acids is 1. The lowest BCUT2D eigenvalue weighted by Crippen LogP contribution is -2.34. The number of nitrogens with zero attached hydrogens (tertiary/aromatic N) is 2. The molecule has 0 saturated carbocycles. The lowest BCUT2D eigenvalue weighted by Gasteiger charge is -2.23. The average Bonchev–Trinajstić information content (AvgIpc) is 2.37. The topological polar surface area (TPSA) is 85.2 Å². The highest BCUT2D eigenvalue weighted by Gasteiger charge is 2.15. The molecular weight excluding hydrogens is 356 g/mol. The standard InChI is InChI=1S/C14H14BrClN4O/c15-10-5-12(16)14(19-6-10)20(8-13(18)21)7-9-2-1-3-11(17)4-9/h1-6H,7-8,17H2,(H2,18,21). The predicted octanol–water partition coefficient (Wildman–Crippen LogP) is 2.57. The molecule has 1 aromatic carbocycles. The minimum absolute atomic E-state index is 0.0170. The Morgan fingerprint density at radius 1 is 1.38 bits per heavy atom. The maximum atomic E-state index is 11.3. The number of benzene rings is 1. The minimum Gasteiger partial charge on any atom is -0.399 e. The van der Waals surface area contributed by atoms with Crippen LogP contribution in [0.3, 0.4) is 0 Å². The molecule has 21 heavy (non-hydrogen) atoms. The van der Waals surface area contributed by atoms with Gasteiger partial charge in [0.15, 0.2) is 0 Å². The number of hydrogen-bond donors (Lipinski definition) is 2. The number of nitrogen functional groups attached to an aromatic ring is 1. The summed E-state index contributed by atoms with van der Waals surface area (Å²) in [4.78, 5) is 17.3. The molecule has 7 heteroatoms. The van der Waals surface area contributed by atoms with Gasteiger partial charge in [-0.05, 0) is 39.7 Å². The normalized spacial score (nSPS) is 10.4. The lowest BCUT2D eigenvalue weighted by molar-refractivity contribution is -0.116. The Hall–Kier alpha value is -1.79. The van der Waals surface area contributed by atoms with E-state index in [2.05, 4.69) is 20.9 Å². The Morgan fingerprint density at radius 3 is 2.76 bits per heavy atom. The van der Waals surface area contributed by atoms with Gasteiger partial charge in [0, 0.05) is 22.9 Å². The molecule has 0 atom stereocenters. The smallest absolute Gasteiger partial charge is 0.237 e. The van der Waals surface area contributed by atoms with Crippen molar-refractivity contribution in [3.63, 3.8) is 0 Å². The molecule has 110 valence electrons. The summed E-state index contributed by atoms with van der Waals surface area (Å²) in [7, 11) is 0. The first-order chi connectivity index (χ1) is 9.95. The monoisotopic (exact) mass is 368 g/mol. The number of anilines is 2. The van der Waals surface area contributed by atoms with Crippen molar-refractivity contribution in [3.8, 4) is 0 Å². The van der Waals surface area contributed by atoms with E-state index >= 15 is 0 Å². The molecule has 2 rings (SSSR count). The third-order valence-electron chi connectivity index (χ3n) is 2.76. The van der Waals surface area contributed by atoms with Crippen LogP contribution in [-0.2, 0) is 11.3 Å². The molecular formula is C14H14BrClN4O. The van der Waals surface area contributed by atoms with Gasteiger partial charge in [0.05, 0.1) is 11.6 Å². The molecule has 5 nitrogen and oxygen atoms in total. The maximum absolute atomic E-state index is 11.3. The van der Waals surface area contributed by atoms with Crippen molar-refractivity contribution in [3.05, 3.63) is 51.6 Å². The van der Waals surface area contributed by atoms with Crippen LogP contribution in [0.1, 0.15) is 5.56 Å². The molecule has 1 heterocycles. The lowest BCUT2D eigenvalue weighted by atomic mass is 10.2. The van der Waals surface area contributed by atoms with Gasteiger partial charge in [-0.3, -0.25) is 4.79 Å². The molecule has 0 aliphatic heterocycles. The number of aromatic nitrogens is 1. The molecule has 1 amide bonds. The van der Waals surface area contributed by atoms with Gasteiger partial charge in [-0.25, -0.2) is 4.98 Å². The Bertz CT molecular complexity index is 665. The van der Waals surface area contributed by atoms with E-state index in [-0.39, 0.29) is 6.54 Å². The first-order valence-corrected chi connectivity index (χ1v) is 7.31. The summed E-state index contributed by atoms with van der Waals surface area (Å²) in [5.41, 5.74) is 12.7. The summed E-state index contributed by atoms with van der Waals surface area (Å²) < 4.78 is 0.763. The average molecular weight is 370 g/mol. The van der Waals surface area contributed by atoms with Gasteiger partial charge < -0.3 is 16.4 Å². The van der Waals surface area contributed by atoms with Crippen LogP contribution in [0.15, 0.2) is 41.0 Å². The zero-order chi connectivity index (χ0) is 15.4. The molecule has 1 aromatic heterocycles. The van der Waals surface area contributed by atoms with Crippen LogP contribution < -0.4 is 16.4 Å². The fourth-order valence-electron chi connectivity index (χ4n) is 1.95. The van der Waals surface area contributed by atoms with E-state index < -0.39 is 5.91 Å². The van der Waals surface area contributed by atoms with E-state index in [4.69, 9.17) is 23.1 Å².